The Labute approximate surface area is 172 Å². The molecular formula is C19H16F2N6O4. The number of aromatic nitrogens is 5. The molecule has 0 aliphatic rings. The van der Waals surface area contributed by atoms with Gasteiger partial charge in [-0.25, -0.2) is 18.6 Å². The Bertz CT molecular complexity index is 1430. The molecule has 0 radical (unpaired) electrons. The number of rotatable bonds is 5. The van der Waals surface area contributed by atoms with Gasteiger partial charge in [0.1, 0.15) is 23.9 Å². The van der Waals surface area contributed by atoms with Crippen molar-refractivity contribution in [2.75, 3.05) is 0 Å². The molecule has 0 atom stereocenters. The highest BCUT2D eigenvalue weighted by Gasteiger charge is 2.17. The molecule has 4 rings (SSSR count). The van der Waals surface area contributed by atoms with Crippen molar-refractivity contribution in [2.45, 2.75) is 13.1 Å². The minimum atomic E-state index is -0.797. The molecule has 4 aromatic rings. The topological polar surface area (TPSA) is 117 Å². The number of aryl methyl sites for hydroxylation is 1. The normalized spacial score (nSPS) is 11.2. The van der Waals surface area contributed by atoms with E-state index in [4.69, 9.17) is 4.52 Å². The van der Waals surface area contributed by atoms with Gasteiger partial charge in [-0.1, -0.05) is 5.16 Å². The van der Waals surface area contributed by atoms with Gasteiger partial charge in [0.05, 0.1) is 18.4 Å². The Balaban J connectivity index is 1.48. The van der Waals surface area contributed by atoms with E-state index in [-0.39, 0.29) is 35.6 Å². The van der Waals surface area contributed by atoms with Crippen LogP contribution in [0.15, 0.2) is 44.7 Å². The van der Waals surface area contributed by atoms with Gasteiger partial charge in [0, 0.05) is 26.2 Å². The first-order valence-electron chi connectivity index (χ1n) is 9.05. The summed E-state index contributed by atoms with van der Waals surface area (Å²) in [7, 11) is 2.82. The molecule has 3 heterocycles. The first kappa shape index (κ1) is 20.2. The molecule has 0 unspecified atom stereocenters. The molecule has 10 nitrogen and oxygen atoms in total. The fourth-order valence-electron chi connectivity index (χ4n) is 3.13. The van der Waals surface area contributed by atoms with Crippen LogP contribution in [0.2, 0.25) is 0 Å². The first-order chi connectivity index (χ1) is 14.8. The summed E-state index contributed by atoms with van der Waals surface area (Å²) < 4.78 is 35.5. The van der Waals surface area contributed by atoms with E-state index in [1.54, 1.807) is 0 Å². The van der Waals surface area contributed by atoms with Crippen LogP contribution in [-0.4, -0.2) is 29.7 Å². The third-order valence-corrected chi connectivity index (χ3v) is 4.75. The Hall–Kier alpha value is -4.09. The standard InChI is InChI=1S/C19H16F2N6O4/c1-25-17-16(18(29)26(2)19(25)30)27(9-23-17)8-15(28)22-7-11-6-14(31-24-11)12-4-3-10(20)5-13(12)21/h3-6,9H,7-8H2,1-2H3,(H,22,28). The average molecular weight is 430 g/mol. The van der Waals surface area contributed by atoms with Gasteiger partial charge in [-0.05, 0) is 12.1 Å². The van der Waals surface area contributed by atoms with E-state index < -0.39 is 28.8 Å². The summed E-state index contributed by atoms with van der Waals surface area (Å²) in [6, 6.07) is 4.48. The van der Waals surface area contributed by atoms with Crippen LogP contribution in [0.3, 0.4) is 0 Å². The highest BCUT2D eigenvalue weighted by atomic mass is 19.1. The van der Waals surface area contributed by atoms with E-state index in [9.17, 15) is 23.2 Å². The summed E-state index contributed by atoms with van der Waals surface area (Å²) in [5.41, 5.74) is -0.435. The molecule has 3 aromatic heterocycles. The third kappa shape index (κ3) is 3.63. The van der Waals surface area contributed by atoms with Gasteiger partial charge >= 0.3 is 5.69 Å². The SMILES string of the molecule is Cn1c(=O)c2c(ncn2CC(=O)NCc2cc(-c3ccc(F)cc3F)on2)n(C)c1=O. The Morgan fingerprint density at radius 3 is 2.68 bits per heavy atom. The van der Waals surface area contributed by atoms with Crippen molar-refractivity contribution >= 4 is 17.1 Å². The van der Waals surface area contributed by atoms with Gasteiger partial charge < -0.3 is 14.4 Å². The molecule has 0 bridgehead atoms. The summed E-state index contributed by atoms with van der Waals surface area (Å²) in [5.74, 6) is -1.87. The van der Waals surface area contributed by atoms with Crippen LogP contribution in [0, 0.1) is 11.6 Å². The number of carbonyl (C=O) groups is 1. The zero-order chi connectivity index (χ0) is 22.3. The van der Waals surface area contributed by atoms with Gasteiger partial charge in [0.15, 0.2) is 16.9 Å². The predicted molar refractivity (Wildman–Crippen MR) is 104 cm³/mol. The minimum absolute atomic E-state index is 0.0196. The summed E-state index contributed by atoms with van der Waals surface area (Å²) >= 11 is 0. The van der Waals surface area contributed by atoms with E-state index in [1.165, 1.54) is 41.7 Å². The molecule has 1 amide bonds. The lowest BCUT2D eigenvalue weighted by Crippen LogP contribution is -2.38. The second-order valence-electron chi connectivity index (χ2n) is 6.83. The zero-order valence-corrected chi connectivity index (χ0v) is 16.4. The number of imidazole rings is 1. The van der Waals surface area contributed by atoms with Gasteiger partial charge in [-0.2, -0.15) is 0 Å². The van der Waals surface area contributed by atoms with Crippen molar-refractivity contribution in [1.29, 1.82) is 0 Å². The van der Waals surface area contributed by atoms with E-state index in [0.717, 1.165) is 16.7 Å². The van der Waals surface area contributed by atoms with Crippen LogP contribution in [0.4, 0.5) is 8.78 Å². The first-order valence-corrected chi connectivity index (χ1v) is 9.05. The van der Waals surface area contributed by atoms with Crippen molar-refractivity contribution in [3.05, 3.63) is 68.8 Å². The number of hydrogen-bond acceptors (Lipinski definition) is 6. The largest absolute Gasteiger partial charge is 0.356 e. The molecule has 0 aliphatic carbocycles. The summed E-state index contributed by atoms with van der Waals surface area (Å²) in [4.78, 5) is 40.8. The monoisotopic (exact) mass is 430 g/mol. The molecule has 1 N–H and O–H groups in total. The van der Waals surface area contributed by atoms with Crippen LogP contribution in [0.1, 0.15) is 5.69 Å². The highest BCUT2D eigenvalue weighted by Crippen LogP contribution is 2.24. The second-order valence-corrected chi connectivity index (χ2v) is 6.83. The van der Waals surface area contributed by atoms with E-state index in [0.29, 0.717) is 5.69 Å². The molecule has 0 saturated heterocycles. The van der Waals surface area contributed by atoms with Crippen molar-refractivity contribution in [3.63, 3.8) is 0 Å². The maximum atomic E-state index is 13.9. The summed E-state index contributed by atoms with van der Waals surface area (Å²) in [5, 5.41) is 6.37. The summed E-state index contributed by atoms with van der Waals surface area (Å²) in [6.45, 7) is -0.241. The molecule has 0 fully saturated rings. The summed E-state index contributed by atoms with van der Waals surface area (Å²) in [6.07, 6.45) is 1.30. The number of amides is 1. The minimum Gasteiger partial charge on any atom is -0.356 e. The number of nitrogens with one attached hydrogen (secondary N) is 1. The number of carbonyl (C=O) groups excluding carboxylic acids is 1. The maximum absolute atomic E-state index is 13.9. The molecule has 0 aliphatic heterocycles. The Morgan fingerprint density at radius 1 is 1.16 bits per heavy atom. The predicted octanol–water partition coefficient (Wildman–Crippen LogP) is 0.683. The number of hydrogen-bond donors (Lipinski definition) is 1. The lowest BCUT2D eigenvalue weighted by atomic mass is 10.1. The maximum Gasteiger partial charge on any atom is 0.332 e. The fraction of sp³-hybridized carbons (Fsp3) is 0.211. The van der Waals surface area contributed by atoms with Gasteiger partial charge in [0.25, 0.3) is 5.56 Å². The number of benzene rings is 1. The van der Waals surface area contributed by atoms with E-state index >= 15 is 0 Å². The smallest absolute Gasteiger partial charge is 0.332 e. The molecule has 0 spiro atoms. The lowest BCUT2D eigenvalue weighted by Gasteiger charge is -2.07. The van der Waals surface area contributed by atoms with Crippen molar-refractivity contribution < 1.29 is 18.1 Å². The van der Waals surface area contributed by atoms with Crippen LogP contribution < -0.4 is 16.6 Å². The molecule has 160 valence electrons. The number of halogens is 2. The number of nitrogens with zero attached hydrogens (tertiary/aromatic N) is 5. The molecule has 12 heteroatoms. The second kappa shape index (κ2) is 7.63. The third-order valence-electron chi connectivity index (χ3n) is 4.75. The molecular weight excluding hydrogens is 414 g/mol. The molecule has 1 aromatic carbocycles. The molecule has 0 saturated carbocycles. The Morgan fingerprint density at radius 2 is 1.94 bits per heavy atom. The van der Waals surface area contributed by atoms with Crippen LogP contribution in [0.25, 0.3) is 22.5 Å². The van der Waals surface area contributed by atoms with E-state index in [2.05, 4.69) is 15.5 Å². The van der Waals surface area contributed by atoms with Gasteiger partial charge in [0.2, 0.25) is 5.91 Å². The van der Waals surface area contributed by atoms with Gasteiger partial charge in [-0.15, -0.1) is 0 Å². The van der Waals surface area contributed by atoms with Crippen LogP contribution in [0.5, 0.6) is 0 Å². The fourth-order valence-corrected chi connectivity index (χ4v) is 3.13. The lowest BCUT2D eigenvalue weighted by molar-refractivity contribution is -0.121. The van der Waals surface area contributed by atoms with E-state index in [1.807, 2.05) is 0 Å². The van der Waals surface area contributed by atoms with Crippen molar-refractivity contribution in [2.24, 2.45) is 14.1 Å². The highest BCUT2D eigenvalue weighted by molar-refractivity contribution is 5.78. The van der Waals surface area contributed by atoms with Gasteiger partial charge in [-0.3, -0.25) is 18.7 Å². The molecule has 31 heavy (non-hydrogen) atoms. The van der Waals surface area contributed by atoms with Crippen LogP contribution in [-0.2, 0) is 32.0 Å². The average Bonchev–Trinajstić information content (AvgIpc) is 3.36. The Kier molecular flexibility index (Phi) is 4.97. The van der Waals surface area contributed by atoms with Crippen LogP contribution >= 0.6 is 0 Å². The van der Waals surface area contributed by atoms with Crippen molar-refractivity contribution in [3.8, 4) is 11.3 Å². The quantitative estimate of drug-likeness (QED) is 0.498. The zero-order valence-electron chi connectivity index (χ0n) is 16.4. The van der Waals surface area contributed by atoms with Crippen molar-refractivity contribution in [1.82, 2.24) is 29.2 Å². The number of fused-ring (bicyclic) bond motifs is 1.